The van der Waals surface area contributed by atoms with Gasteiger partial charge in [0, 0.05) is 12.8 Å². The van der Waals surface area contributed by atoms with Gasteiger partial charge in [-0.1, -0.05) is 398 Å². The van der Waals surface area contributed by atoms with Crippen LogP contribution in [0.5, 0.6) is 0 Å². The van der Waals surface area contributed by atoms with Gasteiger partial charge >= 0.3 is 5.97 Å². The number of amides is 1. The van der Waals surface area contributed by atoms with E-state index in [1.807, 2.05) is 6.08 Å². The van der Waals surface area contributed by atoms with Crippen LogP contribution >= 0.6 is 0 Å². The molecule has 0 bridgehead atoms. The largest absolute Gasteiger partial charge is 0.466 e. The summed E-state index contributed by atoms with van der Waals surface area (Å²) in [6.07, 6.45) is 94.5. The van der Waals surface area contributed by atoms with E-state index < -0.39 is 12.1 Å². The zero-order valence-corrected chi connectivity index (χ0v) is 57.2. The van der Waals surface area contributed by atoms with Gasteiger partial charge in [0.25, 0.3) is 0 Å². The number of carbonyl (C=O) groups excluding carboxylic acids is 2. The molecule has 0 heterocycles. The highest BCUT2D eigenvalue weighted by Crippen LogP contribution is 2.20. The normalized spacial score (nSPS) is 12.6. The van der Waals surface area contributed by atoms with E-state index in [1.54, 1.807) is 6.08 Å². The lowest BCUT2D eigenvalue weighted by Crippen LogP contribution is -2.45. The van der Waals surface area contributed by atoms with Crippen LogP contribution in [-0.4, -0.2) is 47.4 Å². The maximum atomic E-state index is 12.5. The molecule has 0 aromatic carbocycles. The van der Waals surface area contributed by atoms with E-state index in [0.29, 0.717) is 19.4 Å². The maximum Gasteiger partial charge on any atom is 0.305 e. The smallest absolute Gasteiger partial charge is 0.305 e. The minimum Gasteiger partial charge on any atom is -0.466 e. The number of aliphatic hydroxyl groups excluding tert-OH is 2. The third-order valence-electron chi connectivity index (χ3n) is 18.2. The molecule has 3 N–H and O–H groups in total. The van der Waals surface area contributed by atoms with Crippen molar-refractivity contribution in [3.63, 3.8) is 0 Å². The molecular formula is C78H151NO5. The standard InChI is InChI=1S/C78H151NO5/c1-3-5-7-9-11-13-15-16-17-18-19-35-38-41-44-47-51-54-58-62-66-70-76(81)75(74-80)79-77(82)71-67-63-59-55-52-48-45-42-39-36-33-31-29-27-25-23-21-20-22-24-26-28-30-32-34-37-40-43-46-49-53-57-61-65-69-73-84-78(83)72-68-64-60-56-50-14-12-10-8-6-4-2/h10,12,66,70,75-76,80-81H,3-9,11,13-65,67-69,71-74H2,1-2H3,(H,79,82)/b12-10-,70-66+. The Bertz CT molecular complexity index is 1320. The number of nitrogens with one attached hydrogen (secondary N) is 1. The number of carbonyl (C=O) groups is 2. The van der Waals surface area contributed by atoms with Gasteiger partial charge in [0.1, 0.15) is 0 Å². The zero-order valence-electron chi connectivity index (χ0n) is 57.2. The Kier molecular flexibility index (Phi) is 72.3. The van der Waals surface area contributed by atoms with Gasteiger partial charge in [0.05, 0.1) is 25.4 Å². The van der Waals surface area contributed by atoms with Crippen LogP contribution in [0.4, 0.5) is 0 Å². The van der Waals surface area contributed by atoms with Crippen LogP contribution < -0.4 is 5.32 Å². The number of hydrogen-bond acceptors (Lipinski definition) is 5. The lowest BCUT2D eigenvalue weighted by Gasteiger charge is -2.20. The molecule has 6 heteroatoms. The van der Waals surface area contributed by atoms with E-state index >= 15 is 0 Å². The molecule has 6 nitrogen and oxygen atoms in total. The Morgan fingerprint density at radius 1 is 0.321 bits per heavy atom. The van der Waals surface area contributed by atoms with Crippen LogP contribution in [0.3, 0.4) is 0 Å². The van der Waals surface area contributed by atoms with Crippen molar-refractivity contribution in [1.82, 2.24) is 5.32 Å². The van der Waals surface area contributed by atoms with Crippen molar-refractivity contribution in [3.05, 3.63) is 24.3 Å². The lowest BCUT2D eigenvalue weighted by atomic mass is 10.0. The summed E-state index contributed by atoms with van der Waals surface area (Å²) >= 11 is 0. The number of aliphatic hydroxyl groups is 2. The molecule has 1 amide bonds. The van der Waals surface area contributed by atoms with Crippen LogP contribution in [0.2, 0.25) is 0 Å². The molecular weight excluding hydrogens is 1030 g/mol. The third-order valence-corrected chi connectivity index (χ3v) is 18.2. The van der Waals surface area contributed by atoms with Crippen LogP contribution in [-0.2, 0) is 14.3 Å². The predicted molar refractivity (Wildman–Crippen MR) is 370 cm³/mol. The van der Waals surface area contributed by atoms with Crippen molar-refractivity contribution in [2.24, 2.45) is 0 Å². The first-order valence-electron chi connectivity index (χ1n) is 38.6. The molecule has 0 fully saturated rings. The second-order valence-electron chi connectivity index (χ2n) is 26.7. The molecule has 84 heavy (non-hydrogen) atoms. The average molecular weight is 1180 g/mol. The summed E-state index contributed by atoms with van der Waals surface area (Å²) in [7, 11) is 0. The summed E-state index contributed by atoms with van der Waals surface area (Å²) in [6.45, 7) is 4.91. The summed E-state index contributed by atoms with van der Waals surface area (Å²) in [5.41, 5.74) is 0. The van der Waals surface area contributed by atoms with Crippen molar-refractivity contribution in [2.75, 3.05) is 13.2 Å². The minimum atomic E-state index is -0.841. The van der Waals surface area contributed by atoms with E-state index in [4.69, 9.17) is 4.74 Å². The third kappa shape index (κ3) is 69.4. The molecule has 0 aliphatic rings. The van der Waals surface area contributed by atoms with E-state index in [0.717, 1.165) is 44.9 Å². The van der Waals surface area contributed by atoms with E-state index in [2.05, 4.69) is 31.3 Å². The second kappa shape index (κ2) is 73.8. The first kappa shape index (κ1) is 82.3. The van der Waals surface area contributed by atoms with Gasteiger partial charge in [-0.15, -0.1) is 0 Å². The van der Waals surface area contributed by atoms with Gasteiger partial charge in [-0.25, -0.2) is 0 Å². The second-order valence-corrected chi connectivity index (χ2v) is 26.7. The average Bonchev–Trinajstić information content (AvgIpc) is 3.51. The Balaban J connectivity index is 3.34. The van der Waals surface area contributed by atoms with Crippen LogP contribution in [0.15, 0.2) is 24.3 Å². The molecule has 0 aromatic rings. The van der Waals surface area contributed by atoms with Gasteiger partial charge in [0.15, 0.2) is 0 Å². The summed E-state index contributed by atoms with van der Waals surface area (Å²) in [5, 5.41) is 23.3. The number of ether oxygens (including phenoxy) is 1. The topological polar surface area (TPSA) is 95.9 Å². The van der Waals surface area contributed by atoms with Crippen molar-refractivity contribution in [1.29, 1.82) is 0 Å². The molecule has 0 rings (SSSR count). The quantitative estimate of drug-likeness (QED) is 0.0320. The predicted octanol–water partition coefficient (Wildman–Crippen LogP) is 25.3. The summed E-state index contributed by atoms with van der Waals surface area (Å²) in [4.78, 5) is 24.5. The fraction of sp³-hybridized carbons (Fsp3) is 0.923. The highest BCUT2D eigenvalue weighted by Gasteiger charge is 2.18. The molecule has 2 atom stereocenters. The minimum absolute atomic E-state index is 0.0119. The molecule has 0 aliphatic heterocycles. The highest BCUT2D eigenvalue weighted by molar-refractivity contribution is 5.76. The lowest BCUT2D eigenvalue weighted by molar-refractivity contribution is -0.143. The Hall–Kier alpha value is -1.66. The van der Waals surface area contributed by atoms with E-state index in [-0.39, 0.29) is 18.5 Å². The highest BCUT2D eigenvalue weighted by atomic mass is 16.5. The van der Waals surface area contributed by atoms with Crippen molar-refractivity contribution >= 4 is 11.9 Å². The number of esters is 1. The van der Waals surface area contributed by atoms with Crippen LogP contribution in [0.25, 0.3) is 0 Å². The molecule has 0 saturated carbocycles. The Morgan fingerprint density at radius 2 is 0.571 bits per heavy atom. The zero-order chi connectivity index (χ0) is 60.6. The molecule has 0 radical (unpaired) electrons. The van der Waals surface area contributed by atoms with Gasteiger partial charge < -0.3 is 20.3 Å². The molecule has 2 unspecified atom stereocenters. The molecule has 498 valence electrons. The van der Waals surface area contributed by atoms with Gasteiger partial charge in [-0.2, -0.15) is 0 Å². The molecule has 0 aromatic heterocycles. The monoisotopic (exact) mass is 1180 g/mol. The van der Waals surface area contributed by atoms with E-state index in [9.17, 15) is 19.8 Å². The fourth-order valence-corrected chi connectivity index (χ4v) is 12.3. The molecule has 0 saturated heterocycles. The SMILES string of the molecule is CCCC/C=C\CCCCCCCC(=O)OCCCCCCCCCCCCCCCCCCCCCCCCCCCCCCCCCCCCCC(=O)NC(CO)C(O)/C=C/CCCCCCCCCCCCCCCCCCCCC. The molecule has 0 spiro atoms. The Labute approximate surface area is 526 Å². The number of rotatable bonds is 73. The van der Waals surface area contributed by atoms with Crippen molar-refractivity contribution in [3.8, 4) is 0 Å². The summed E-state index contributed by atoms with van der Waals surface area (Å²) in [5.74, 6) is -0.0461. The van der Waals surface area contributed by atoms with E-state index in [1.165, 1.54) is 366 Å². The number of unbranched alkanes of at least 4 members (excludes halogenated alkanes) is 60. The van der Waals surface area contributed by atoms with Crippen molar-refractivity contribution < 1.29 is 24.5 Å². The molecule has 0 aliphatic carbocycles. The summed E-state index contributed by atoms with van der Waals surface area (Å²) in [6, 6.07) is -0.624. The number of hydrogen-bond donors (Lipinski definition) is 3. The van der Waals surface area contributed by atoms with Gasteiger partial charge in [-0.05, 0) is 51.4 Å². The fourth-order valence-electron chi connectivity index (χ4n) is 12.3. The van der Waals surface area contributed by atoms with Gasteiger partial charge in [-0.3, -0.25) is 9.59 Å². The Morgan fingerprint density at radius 3 is 0.881 bits per heavy atom. The summed E-state index contributed by atoms with van der Waals surface area (Å²) < 4.78 is 5.47. The van der Waals surface area contributed by atoms with Crippen LogP contribution in [0, 0.1) is 0 Å². The van der Waals surface area contributed by atoms with Crippen LogP contribution in [0.1, 0.15) is 438 Å². The van der Waals surface area contributed by atoms with Gasteiger partial charge in [0.2, 0.25) is 5.91 Å². The number of allylic oxidation sites excluding steroid dienone is 3. The van der Waals surface area contributed by atoms with Crippen molar-refractivity contribution in [2.45, 2.75) is 450 Å². The maximum absolute atomic E-state index is 12.5. The first-order valence-corrected chi connectivity index (χ1v) is 38.6. The first-order chi connectivity index (χ1) is 41.5.